The molecule has 2 saturated carbocycles. The molecule has 0 radical (unpaired) electrons. The lowest BCUT2D eigenvalue weighted by Crippen LogP contribution is -2.40. The Morgan fingerprint density at radius 2 is 1.43 bits per heavy atom. The van der Waals surface area contributed by atoms with Crippen LogP contribution >= 0.6 is 0 Å². The number of hydrogen-bond acceptors (Lipinski definition) is 2. The quantitative estimate of drug-likeness (QED) is 0.341. The maximum atomic E-state index is 15.6. The Hall–Kier alpha value is -2.25. The van der Waals surface area contributed by atoms with Crippen LogP contribution in [-0.2, 0) is 24.3 Å². The summed E-state index contributed by atoms with van der Waals surface area (Å²) >= 11 is 0. The van der Waals surface area contributed by atoms with Gasteiger partial charge in [0.1, 0.15) is 11.3 Å². The largest absolute Gasteiger partial charge is 0.294 e. The van der Waals surface area contributed by atoms with Gasteiger partial charge in [-0.05, 0) is 93.9 Å². The smallest absolute Gasteiger partial charge is 0.136 e. The highest BCUT2D eigenvalue weighted by molar-refractivity contribution is 5.44. The third-order valence-corrected chi connectivity index (χ3v) is 7.97. The Labute approximate surface area is 211 Å². The summed E-state index contributed by atoms with van der Waals surface area (Å²) in [6.07, 6.45) is 6.87. The van der Waals surface area contributed by atoms with Crippen molar-refractivity contribution in [3.63, 3.8) is 0 Å². The van der Waals surface area contributed by atoms with Crippen LogP contribution in [-0.4, -0.2) is 17.0 Å². The van der Waals surface area contributed by atoms with Gasteiger partial charge in [0.15, 0.2) is 0 Å². The van der Waals surface area contributed by atoms with E-state index in [9.17, 15) is 0 Å². The average Bonchev–Trinajstić information content (AvgIpc) is 2.81. The van der Waals surface area contributed by atoms with E-state index in [1.54, 1.807) is 6.07 Å². The second-order valence-electron chi connectivity index (χ2n) is 10.5. The fourth-order valence-electron chi connectivity index (χ4n) is 5.65. The Morgan fingerprint density at radius 1 is 0.914 bits per heavy atom. The summed E-state index contributed by atoms with van der Waals surface area (Å²) in [5, 5.41) is 7.32. The first-order valence-corrected chi connectivity index (χ1v) is 13.4. The van der Waals surface area contributed by atoms with Crippen LogP contribution in [0.5, 0.6) is 0 Å². The van der Waals surface area contributed by atoms with Crippen molar-refractivity contribution < 1.29 is 8.78 Å². The lowest BCUT2D eigenvalue weighted by atomic mass is 9.69. The summed E-state index contributed by atoms with van der Waals surface area (Å²) in [6, 6.07) is 18.9. The van der Waals surface area contributed by atoms with E-state index in [2.05, 4.69) is 56.0 Å². The molecule has 35 heavy (non-hydrogen) atoms. The molecule has 2 nitrogen and oxygen atoms in total. The molecule has 0 bridgehead atoms. The van der Waals surface area contributed by atoms with Crippen molar-refractivity contribution in [3.05, 3.63) is 70.8 Å². The van der Waals surface area contributed by atoms with Crippen molar-refractivity contribution in [2.45, 2.75) is 115 Å². The molecule has 0 saturated heterocycles. The van der Waals surface area contributed by atoms with E-state index in [1.165, 1.54) is 12.5 Å². The molecule has 0 aromatic heterocycles. The minimum Gasteiger partial charge on any atom is -0.294 e. The topological polar surface area (TPSA) is 27.0 Å². The molecule has 0 N–H and O–H groups in total. The number of nitriles is 1. The van der Waals surface area contributed by atoms with E-state index >= 15 is 8.78 Å². The van der Waals surface area contributed by atoms with Crippen LogP contribution in [0.1, 0.15) is 101 Å². The number of benzene rings is 2. The molecule has 1 atom stereocenters. The molecule has 0 amide bonds. The van der Waals surface area contributed by atoms with Crippen LogP contribution in [0.25, 0.3) is 0 Å². The molecular weight excluding hydrogens is 438 g/mol. The average molecular weight is 481 g/mol. The molecule has 0 spiro atoms. The predicted octanol–water partition coefficient (Wildman–Crippen LogP) is 8.54. The van der Waals surface area contributed by atoms with Gasteiger partial charge in [-0.2, -0.15) is 5.26 Å². The van der Waals surface area contributed by atoms with E-state index in [-0.39, 0.29) is 0 Å². The fraction of sp³-hybridized carbons (Fsp3) is 0.581. The number of alkyl halides is 2. The number of hydrogen-bond donors (Lipinski definition) is 0. The van der Waals surface area contributed by atoms with E-state index in [1.807, 2.05) is 18.2 Å². The lowest BCUT2D eigenvalue weighted by molar-refractivity contribution is 0.0509. The van der Waals surface area contributed by atoms with Crippen molar-refractivity contribution in [1.82, 2.24) is 4.90 Å². The van der Waals surface area contributed by atoms with Crippen molar-refractivity contribution in [3.8, 4) is 6.07 Å². The van der Waals surface area contributed by atoms with Gasteiger partial charge in [-0.15, -0.1) is 0 Å². The number of halogens is 2. The van der Waals surface area contributed by atoms with Crippen LogP contribution in [0.3, 0.4) is 0 Å². The molecule has 0 aliphatic heterocycles. The highest BCUT2D eigenvalue weighted by atomic mass is 19.1. The molecule has 2 aliphatic rings. The van der Waals surface area contributed by atoms with E-state index in [0.29, 0.717) is 37.8 Å². The van der Waals surface area contributed by atoms with Gasteiger partial charge in [-0.1, -0.05) is 55.5 Å². The minimum absolute atomic E-state index is 0.380. The molecule has 190 valence electrons. The Bertz CT molecular complexity index is 933. The summed E-state index contributed by atoms with van der Waals surface area (Å²) in [4.78, 5) is 2.56. The normalized spacial score (nSPS) is 18.6. The maximum absolute atomic E-state index is 15.6. The second kappa shape index (κ2) is 12.1. The van der Waals surface area contributed by atoms with Crippen LogP contribution < -0.4 is 0 Å². The van der Waals surface area contributed by atoms with Crippen LogP contribution in [0.2, 0.25) is 0 Å². The van der Waals surface area contributed by atoms with Crippen molar-refractivity contribution >= 4 is 0 Å². The molecule has 2 fully saturated rings. The standard InChI is InChI=1S/C29H39F2N.C2H3N/c1-4-24(32(22(2)3)21-23-11-6-5-7-12-23)15-16-25-26(28(30)17-9-18-28)13-8-14-27(25)29(31)19-10-20-29;1-2-3/h5-8,11-14,22,24H,4,9-10,15-21H2,1-3H3;1H3. The van der Waals surface area contributed by atoms with Crippen molar-refractivity contribution in [2.75, 3.05) is 0 Å². The highest BCUT2D eigenvalue weighted by Crippen LogP contribution is 2.51. The molecule has 4 rings (SSSR count). The van der Waals surface area contributed by atoms with Gasteiger partial charge >= 0.3 is 0 Å². The zero-order valence-electron chi connectivity index (χ0n) is 22.0. The first kappa shape index (κ1) is 27.3. The Kier molecular flexibility index (Phi) is 9.47. The number of nitrogens with zero attached hydrogens (tertiary/aromatic N) is 2. The van der Waals surface area contributed by atoms with Gasteiger partial charge in [-0.3, -0.25) is 4.90 Å². The van der Waals surface area contributed by atoms with E-state index in [0.717, 1.165) is 55.3 Å². The molecule has 2 aliphatic carbocycles. The summed E-state index contributed by atoms with van der Waals surface area (Å²) in [7, 11) is 0. The van der Waals surface area contributed by atoms with E-state index in [4.69, 9.17) is 5.26 Å². The Balaban J connectivity index is 0.00000108. The zero-order valence-corrected chi connectivity index (χ0v) is 22.0. The molecule has 4 heteroatoms. The summed E-state index contributed by atoms with van der Waals surface area (Å²) in [6.45, 7) is 9.08. The maximum Gasteiger partial charge on any atom is 0.136 e. The molecule has 2 aromatic rings. The summed E-state index contributed by atoms with van der Waals surface area (Å²) < 4.78 is 31.3. The molecule has 0 heterocycles. The molecule has 2 aromatic carbocycles. The second-order valence-corrected chi connectivity index (χ2v) is 10.5. The van der Waals surface area contributed by atoms with Crippen LogP contribution in [0, 0.1) is 11.3 Å². The summed E-state index contributed by atoms with van der Waals surface area (Å²) in [5.74, 6) is 0. The molecular formula is C31H42F2N2. The SMILES string of the molecule is CC#N.CCC(CCc1c(C2(F)CCC2)cccc1C1(F)CCC1)N(Cc1ccccc1)C(C)C. The highest BCUT2D eigenvalue weighted by Gasteiger charge is 2.45. The minimum atomic E-state index is -1.26. The van der Waals surface area contributed by atoms with Gasteiger partial charge in [0.05, 0.1) is 6.07 Å². The lowest BCUT2D eigenvalue weighted by Gasteiger charge is -2.41. The summed E-state index contributed by atoms with van der Waals surface area (Å²) in [5.41, 5.74) is 1.33. The van der Waals surface area contributed by atoms with Gasteiger partial charge < -0.3 is 0 Å². The zero-order chi connectivity index (χ0) is 25.5. The third-order valence-electron chi connectivity index (χ3n) is 7.97. The Morgan fingerprint density at radius 3 is 1.83 bits per heavy atom. The van der Waals surface area contributed by atoms with Gasteiger partial charge in [0.2, 0.25) is 0 Å². The van der Waals surface area contributed by atoms with E-state index < -0.39 is 11.3 Å². The predicted molar refractivity (Wildman–Crippen MR) is 141 cm³/mol. The first-order chi connectivity index (χ1) is 16.8. The molecule has 1 unspecified atom stereocenters. The first-order valence-electron chi connectivity index (χ1n) is 13.4. The van der Waals surface area contributed by atoms with Gasteiger partial charge in [-0.25, -0.2) is 8.78 Å². The third kappa shape index (κ3) is 6.31. The van der Waals surface area contributed by atoms with Gasteiger partial charge in [0, 0.05) is 25.6 Å². The monoisotopic (exact) mass is 480 g/mol. The van der Waals surface area contributed by atoms with Crippen molar-refractivity contribution in [1.29, 1.82) is 5.26 Å². The van der Waals surface area contributed by atoms with Crippen LogP contribution in [0.15, 0.2) is 48.5 Å². The van der Waals surface area contributed by atoms with Crippen molar-refractivity contribution in [2.24, 2.45) is 0 Å². The number of rotatable bonds is 10. The fourth-order valence-corrected chi connectivity index (χ4v) is 5.65. The van der Waals surface area contributed by atoms with Gasteiger partial charge in [0.25, 0.3) is 0 Å². The van der Waals surface area contributed by atoms with Crippen LogP contribution in [0.4, 0.5) is 8.78 Å².